The van der Waals surface area contributed by atoms with Crippen molar-refractivity contribution in [1.29, 1.82) is 0 Å². The highest BCUT2D eigenvalue weighted by Crippen LogP contribution is 2.30. The van der Waals surface area contributed by atoms with E-state index in [-0.39, 0.29) is 43.6 Å². The van der Waals surface area contributed by atoms with Crippen molar-refractivity contribution in [1.82, 2.24) is 9.80 Å². The summed E-state index contributed by atoms with van der Waals surface area (Å²) in [6.45, 7) is 3.57. The number of aliphatic hydroxyl groups is 1. The zero-order valence-corrected chi connectivity index (χ0v) is 23.0. The fourth-order valence-electron chi connectivity index (χ4n) is 4.31. The minimum absolute atomic E-state index is 0.0963. The third kappa shape index (κ3) is 9.34. The van der Waals surface area contributed by atoms with Crippen molar-refractivity contribution in [3.63, 3.8) is 0 Å². The van der Waals surface area contributed by atoms with Gasteiger partial charge >= 0.3 is 12.2 Å². The van der Waals surface area contributed by atoms with Crippen LogP contribution in [0.3, 0.4) is 0 Å². The molecule has 1 aliphatic rings. The van der Waals surface area contributed by atoms with Crippen molar-refractivity contribution in [3.05, 3.63) is 53.8 Å². The molecule has 3 rings (SSSR count). The summed E-state index contributed by atoms with van der Waals surface area (Å²) in [4.78, 5) is 41.1. The minimum Gasteiger partial charge on any atom is -0.488 e. The molecule has 4 amide bonds. The van der Waals surface area contributed by atoms with Gasteiger partial charge in [0.15, 0.2) is 0 Å². The van der Waals surface area contributed by atoms with E-state index < -0.39 is 48.9 Å². The average Bonchev–Trinajstić information content (AvgIpc) is 2.95. The number of nitrogens with one attached hydrogen (secondary N) is 2. The molecule has 0 aliphatic carbocycles. The highest BCUT2D eigenvalue weighted by atomic mass is 19.4. The van der Waals surface area contributed by atoms with E-state index in [1.807, 2.05) is 6.92 Å². The van der Waals surface area contributed by atoms with E-state index in [9.17, 15) is 37.1 Å². The summed E-state index contributed by atoms with van der Waals surface area (Å²) in [6, 6.07) is 8.76. The zero-order valence-electron chi connectivity index (χ0n) is 23.0. The lowest BCUT2D eigenvalue weighted by molar-refractivity contribution is -0.142. The van der Waals surface area contributed by atoms with Crippen LogP contribution in [0.25, 0.3) is 0 Å². The average molecular weight is 583 g/mol. The number of nitrogens with zero attached hydrogens (tertiary/aromatic N) is 2. The van der Waals surface area contributed by atoms with E-state index in [0.29, 0.717) is 17.0 Å². The van der Waals surface area contributed by atoms with Crippen LogP contribution in [0.5, 0.6) is 5.75 Å². The van der Waals surface area contributed by atoms with Gasteiger partial charge in [-0.15, -0.1) is 0 Å². The molecule has 9 nitrogen and oxygen atoms in total. The Morgan fingerprint density at radius 1 is 1.15 bits per heavy atom. The summed E-state index contributed by atoms with van der Waals surface area (Å²) in [6.07, 6.45) is -7.25. The van der Waals surface area contributed by atoms with Crippen molar-refractivity contribution < 1.29 is 41.8 Å². The van der Waals surface area contributed by atoms with Crippen LogP contribution in [0.4, 0.5) is 33.7 Å². The van der Waals surface area contributed by atoms with Crippen molar-refractivity contribution in [2.24, 2.45) is 5.92 Å². The Morgan fingerprint density at radius 3 is 2.44 bits per heavy atom. The van der Waals surface area contributed by atoms with Gasteiger partial charge in [0.25, 0.3) is 0 Å². The molecule has 0 radical (unpaired) electrons. The molecule has 1 heterocycles. The van der Waals surface area contributed by atoms with Gasteiger partial charge in [-0.2, -0.15) is 13.2 Å². The molecule has 224 valence electrons. The molecule has 41 heavy (non-hydrogen) atoms. The first-order valence-corrected chi connectivity index (χ1v) is 13.1. The fraction of sp³-hybridized carbons (Fsp3) is 0.464. The number of amides is 4. The molecule has 0 saturated carbocycles. The summed E-state index contributed by atoms with van der Waals surface area (Å²) < 4.78 is 57.1. The lowest BCUT2D eigenvalue weighted by Crippen LogP contribution is -2.48. The first kappa shape index (κ1) is 31.7. The SMILES string of the molecule is C[C@@H]1CN([C@H](C)CO)C(=O)Cc2cc(NC(=O)CCC(F)(F)F)ccc2O[C@@H]1CN(C)C(=O)Nc1ccc(F)cc1. The van der Waals surface area contributed by atoms with Gasteiger partial charge < -0.3 is 30.3 Å². The molecule has 3 atom stereocenters. The number of benzene rings is 2. The second kappa shape index (κ2) is 13.7. The molecule has 2 aromatic rings. The van der Waals surface area contributed by atoms with E-state index >= 15 is 0 Å². The number of urea groups is 1. The molecule has 0 saturated heterocycles. The number of carbonyl (C=O) groups excluding carboxylic acids is 3. The molecule has 3 N–H and O–H groups in total. The van der Waals surface area contributed by atoms with Crippen LogP contribution in [0.1, 0.15) is 32.3 Å². The molecule has 0 fully saturated rings. The number of ether oxygens (including phenoxy) is 1. The van der Waals surface area contributed by atoms with Gasteiger partial charge in [-0.05, 0) is 49.4 Å². The minimum atomic E-state index is -4.47. The number of carbonyl (C=O) groups is 3. The molecule has 0 aromatic heterocycles. The Kier molecular flexibility index (Phi) is 10.5. The van der Waals surface area contributed by atoms with Crippen LogP contribution in [-0.2, 0) is 16.0 Å². The molecule has 2 aromatic carbocycles. The molecular weight excluding hydrogens is 548 g/mol. The number of halogens is 4. The normalized spacial score (nSPS) is 18.2. The first-order chi connectivity index (χ1) is 19.3. The summed E-state index contributed by atoms with van der Waals surface area (Å²) in [7, 11) is 1.56. The van der Waals surface area contributed by atoms with Crippen LogP contribution < -0.4 is 15.4 Å². The second-order valence-electron chi connectivity index (χ2n) is 10.2. The molecule has 0 spiro atoms. The number of likely N-dealkylation sites (N-methyl/N-ethyl adjacent to an activating group) is 1. The van der Waals surface area contributed by atoms with Crippen LogP contribution in [0.2, 0.25) is 0 Å². The first-order valence-electron chi connectivity index (χ1n) is 13.1. The van der Waals surface area contributed by atoms with Crippen molar-refractivity contribution >= 4 is 29.2 Å². The van der Waals surface area contributed by atoms with E-state index in [4.69, 9.17) is 4.74 Å². The maximum absolute atomic E-state index is 13.3. The molecule has 1 aliphatic heterocycles. The molecule has 13 heteroatoms. The smallest absolute Gasteiger partial charge is 0.389 e. The van der Waals surface area contributed by atoms with Gasteiger partial charge in [-0.3, -0.25) is 9.59 Å². The van der Waals surface area contributed by atoms with Gasteiger partial charge in [0.05, 0.1) is 32.0 Å². The van der Waals surface area contributed by atoms with Gasteiger partial charge in [0.2, 0.25) is 11.8 Å². The lowest BCUT2D eigenvalue weighted by atomic mass is 10.0. The number of fused-ring (bicyclic) bond motifs is 1. The van der Waals surface area contributed by atoms with Gasteiger partial charge in [-0.25, -0.2) is 9.18 Å². The topological polar surface area (TPSA) is 111 Å². The maximum atomic E-state index is 13.3. The summed E-state index contributed by atoms with van der Waals surface area (Å²) in [5.74, 6) is -1.57. The largest absolute Gasteiger partial charge is 0.488 e. The van der Waals surface area contributed by atoms with Crippen LogP contribution in [0.15, 0.2) is 42.5 Å². The Bertz CT molecular complexity index is 1220. The summed E-state index contributed by atoms with van der Waals surface area (Å²) >= 11 is 0. The van der Waals surface area contributed by atoms with E-state index in [1.54, 1.807) is 14.0 Å². The quantitative estimate of drug-likeness (QED) is 0.399. The van der Waals surface area contributed by atoms with Gasteiger partial charge in [0.1, 0.15) is 17.7 Å². The Hall–Kier alpha value is -3.87. The van der Waals surface area contributed by atoms with E-state index in [0.717, 1.165) is 0 Å². The fourth-order valence-corrected chi connectivity index (χ4v) is 4.31. The third-order valence-corrected chi connectivity index (χ3v) is 6.73. The van der Waals surface area contributed by atoms with Crippen molar-refractivity contribution in [2.45, 2.75) is 51.4 Å². The predicted molar refractivity (Wildman–Crippen MR) is 144 cm³/mol. The van der Waals surface area contributed by atoms with Gasteiger partial charge in [-0.1, -0.05) is 6.92 Å². The summed E-state index contributed by atoms with van der Waals surface area (Å²) in [5.41, 5.74) is 0.986. The standard InChI is InChI=1S/C28H34F4N4O5/c1-17-14-36(18(2)16-37)26(39)13-19-12-22(33-25(38)10-11-28(30,31)32)8-9-23(19)41-24(17)15-35(3)27(40)34-21-6-4-20(29)5-7-21/h4-9,12,17-18,24,37H,10-11,13-16H2,1-3H3,(H,33,38)(H,34,40)/t17-,18-,24-/m1/s1. The van der Waals surface area contributed by atoms with E-state index in [1.165, 1.54) is 52.3 Å². The van der Waals surface area contributed by atoms with E-state index in [2.05, 4.69) is 10.6 Å². The summed E-state index contributed by atoms with van der Waals surface area (Å²) in [5, 5.41) is 14.9. The number of aliphatic hydroxyl groups excluding tert-OH is 1. The van der Waals surface area contributed by atoms with Crippen LogP contribution in [-0.4, -0.2) is 77.8 Å². The maximum Gasteiger partial charge on any atom is 0.389 e. The van der Waals surface area contributed by atoms with Crippen LogP contribution >= 0.6 is 0 Å². The number of rotatable bonds is 8. The Labute approximate surface area is 235 Å². The predicted octanol–water partition coefficient (Wildman–Crippen LogP) is 4.42. The molecule has 0 unspecified atom stereocenters. The Morgan fingerprint density at radius 2 is 1.80 bits per heavy atom. The highest BCUT2D eigenvalue weighted by molar-refractivity contribution is 5.91. The monoisotopic (exact) mass is 582 g/mol. The zero-order chi connectivity index (χ0) is 30.3. The number of alkyl halides is 3. The third-order valence-electron chi connectivity index (χ3n) is 6.73. The molecule has 0 bridgehead atoms. The van der Waals surface area contributed by atoms with Crippen LogP contribution in [0, 0.1) is 11.7 Å². The van der Waals surface area contributed by atoms with Crippen molar-refractivity contribution in [2.75, 3.05) is 37.4 Å². The highest BCUT2D eigenvalue weighted by Gasteiger charge is 2.32. The Balaban J connectivity index is 1.84. The van der Waals surface area contributed by atoms with Crippen molar-refractivity contribution in [3.8, 4) is 5.75 Å². The number of hydrogen-bond acceptors (Lipinski definition) is 5. The lowest BCUT2D eigenvalue weighted by Gasteiger charge is -2.34. The number of hydrogen-bond donors (Lipinski definition) is 3. The number of anilines is 2. The van der Waals surface area contributed by atoms with Gasteiger partial charge in [0, 0.05) is 42.9 Å². The second-order valence-corrected chi connectivity index (χ2v) is 10.2. The molecular formula is C28H34F4N4O5.